The molecule has 0 spiro atoms. The molecule has 1 rings (SSSR count). The first-order chi connectivity index (χ1) is 7.86. The van der Waals surface area contributed by atoms with Crippen LogP contribution in [-0.4, -0.2) is 48.1 Å². The van der Waals surface area contributed by atoms with Gasteiger partial charge in [-0.3, -0.25) is 4.90 Å². The second-order valence-corrected chi connectivity index (χ2v) is 6.17. The molecule has 2 nitrogen and oxygen atoms in total. The fourth-order valence-corrected chi connectivity index (χ4v) is 2.38. The van der Waals surface area contributed by atoms with E-state index >= 15 is 0 Å². The number of nitrogens with zero attached hydrogens (tertiary/aromatic N) is 2. The Morgan fingerprint density at radius 1 is 1.35 bits per heavy atom. The number of hydrogen-bond donors (Lipinski definition) is 0. The Morgan fingerprint density at radius 3 is 2.29 bits per heavy atom. The molecule has 1 aliphatic rings. The molecule has 1 aliphatic heterocycles. The molecule has 0 saturated carbocycles. The minimum Gasteiger partial charge on any atom is -0.304 e. The molecule has 0 atom stereocenters. The Bertz CT molecular complexity index is 267. The first-order valence-corrected chi connectivity index (χ1v) is 6.80. The van der Waals surface area contributed by atoms with Gasteiger partial charge in [0.25, 0.3) is 0 Å². The quantitative estimate of drug-likeness (QED) is 0.692. The maximum atomic E-state index is 5.59. The molecule has 17 heavy (non-hydrogen) atoms. The molecule has 0 aromatic carbocycles. The second kappa shape index (κ2) is 5.89. The molecule has 0 radical (unpaired) electrons. The van der Waals surface area contributed by atoms with Crippen LogP contribution in [0.15, 0.2) is 0 Å². The Kier molecular flexibility index (Phi) is 5.04. The van der Waals surface area contributed by atoms with Crippen molar-refractivity contribution in [2.45, 2.75) is 52.1 Å². The average molecular weight is 236 g/mol. The Balaban J connectivity index is 2.39. The van der Waals surface area contributed by atoms with Gasteiger partial charge in [-0.25, -0.2) is 0 Å². The molecule has 0 unspecified atom stereocenters. The lowest BCUT2D eigenvalue weighted by atomic mass is 9.92. The summed E-state index contributed by atoms with van der Waals surface area (Å²) in [7, 11) is 2.22. The minimum absolute atomic E-state index is 0.0745. The van der Waals surface area contributed by atoms with Crippen LogP contribution in [0.1, 0.15) is 40.5 Å². The number of hydrogen-bond acceptors (Lipinski definition) is 2. The standard InChI is InChI=1S/C15H28N2/c1-7-15(4,5)17-10-8-14(9-11-17)12-16(6)13(2)3/h1,13-14H,8-12H2,2-6H3. The summed E-state index contributed by atoms with van der Waals surface area (Å²) in [6.45, 7) is 12.3. The fraction of sp³-hybridized carbons (Fsp3) is 0.867. The largest absolute Gasteiger partial charge is 0.304 e. The zero-order chi connectivity index (χ0) is 13.1. The van der Waals surface area contributed by atoms with E-state index in [9.17, 15) is 0 Å². The summed E-state index contributed by atoms with van der Waals surface area (Å²) >= 11 is 0. The van der Waals surface area contributed by atoms with Gasteiger partial charge in [-0.2, -0.15) is 0 Å². The predicted molar refractivity (Wildman–Crippen MR) is 75.0 cm³/mol. The molecule has 1 saturated heterocycles. The Morgan fingerprint density at radius 2 is 1.88 bits per heavy atom. The molecule has 0 N–H and O–H groups in total. The monoisotopic (exact) mass is 236 g/mol. The van der Waals surface area contributed by atoms with Crippen LogP contribution in [0.5, 0.6) is 0 Å². The maximum Gasteiger partial charge on any atom is 0.0766 e. The van der Waals surface area contributed by atoms with Gasteiger partial charge < -0.3 is 4.90 Å². The number of piperidine rings is 1. The molecule has 2 heteroatoms. The van der Waals surface area contributed by atoms with Crippen molar-refractivity contribution in [1.82, 2.24) is 9.80 Å². The number of likely N-dealkylation sites (tertiary alicyclic amines) is 1. The highest BCUT2D eigenvalue weighted by Crippen LogP contribution is 2.24. The second-order valence-electron chi connectivity index (χ2n) is 6.17. The molecule has 98 valence electrons. The first kappa shape index (κ1) is 14.5. The molecular weight excluding hydrogens is 208 g/mol. The fourth-order valence-electron chi connectivity index (χ4n) is 2.38. The molecule has 1 fully saturated rings. The van der Waals surface area contributed by atoms with E-state index in [0.29, 0.717) is 6.04 Å². The van der Waals surface area contributed by atoms with Crippen molar-refractivity contribution in [3.63, 3.8) is 0 Å². The summed E-state index contributed by atoms with van der Waals surface area (Å²) < 4.78 is 0. The lowest BCUT2D eigenvalue weighted by Crippen LogP contribution is -2.48. The Hall–Kier alpha value is -0.520. The van der Waals surface area contributed by atoms with Gasteiger partial charge >= 0.3 is 0 Å². The van der Waals surface area contributed by atoms with Crippen LogP contribution in [0.4, 0.5) is 0 Å². The SMILES string of the molecule is C#CC(C)(C)N1CCC(CN(C)C(C)C)CC1. The van der Waals surface area contributed by atoms with E-state index < -0.39 is 0 Å². The third kappa shape index (κ3) is 4.01. The zero-order valence-electron chi connectivity index (χ0n) is 12.2. The van der Waals surface area contributed by atoms with E-state index in [4.69, 9.17) is 6.42 Å². The van der Waals surface area contributed by atoms with Crippen LogP contribution in [0, 0.1) is 18.3 Å². The molecule has 0 aliphatic carbocycles. The summed E-state index contributed by atoms with van der Waals surface area (Å²) in [6, 6.07) is 0.648. The van der Waals surface area contributed by atoms with Crippen molar-refractivity contribution in [1.29, 1.82) is 0 Å². The lowest BCUT2D eigenvalue weighted by molar-refractivity contribution is 0.0938. The highest BCUT2D eigenvalue weighted by atomic mass is 15.2. The zero-order valence-corrected chi connectivity index (χ0v) is 12.2. The topological polar surface area (TPSA) is 6.48 Å². The van der Waals surface area contributed by atoms with E-state index in [0.717, 1.165) is 19.0 Å². The van der Waals surface area contributed by atoms with Gasteiger partial charge in [0.05, 0.1) is 5.54 Å². The van der Waals surface area contributed by atoms with Crippen molar-refractivity contribution in [2.75, 3.05) is 26.7 Å². The number of terminal acetylenes is 1. The minimum atomic E-state index is -0.0745. The summed E-state index contributed by atoms with van der Waals surface area (Å²) in [5.74, 6) is 3.74. The van der Waals surface area contributed by atoms with Crippen LogP contribution in [0.2, 0.25) is 0 Å². The van der Waals surface area contributed by atoms with E-state index in [-0.39, 0.29) is 5.54 Å². The van der Waals surface area contributed by atoms with Crippen LogP contribution >= 0.6 is 0 Å². The van der Waals surface area contributed by atoms with Gasteiger partial charge in [0.2, 0.25) is 0 Å². The van der Waals surface area contributed by atoms with Gasteiger partial charge in [0.15, 0.2) is 0 Å². The number of rotatable bonds is 4. The molecule has 1 heterocycles. The van der Waals surface area contributed by atoms with Gasteiger partial charge in [0, 0.05) is 12.6 Å². The summed E-state index contributed by atoms with van der Waals surface area (Å²) in [4.78, 5) is 4.89. The van der Waals surface area contributed by atoms with E-state index in [1.165, 1.54) is 19.4 Å². The van der Waals surface area contributed by atoms with Gasteiger partial charge in [-0.05, 0) is 66.6 Å². The maximum absolute atomic E-state index is 5.59. The van der Waals surface area contributed by atoms with E-state index in [2.05, 4.69) is 50.5 Å². The molecular formula is C15H28N2. The summed E-state index contributed by atoms with van der Waals surface area (Å²) in [5.41, 5.74) is -0.0745. The molecule has 0 aromatic rings. The lowest BCUT2D eigenvalue weighted by Gasteiger charge is -2.41. The van der Waals surface area contributed by atoms with Crippen molar-refractivity contribution in [3.8, 4) is 12.3 Å². The molecule has 0 aromatic heterocycles. The van der Waals surface area contributed by atoms with Gasteiger partial charge in [0.1, 0.15) is 0 Å². The van der Waals surface area contributed by atoms with E-state index in [1.807, 2.05) is 0 Å². The smallest absolute Gasteiger partial charge is 0.0766 e. The van der Waals surface area contributed by atoms with Crippen molar-refractivity contribution in [2.24, 2.45) is 5.92 Å². The summed E-state index contributed by atoms with van der Waals surface area (Å²) in [6.07, 6.45) is 8.15. The Labute approximate surface area is 107 Å². The average Bonchev–Trinajstić information content (AvgIpc) is 2.29. The van der Waals surface area contributed by atoms with Crippen LogP contribution in [-0.2, 0) is 0 Å². The van der Waals surface area contributed by atoms with Gasteiger partial charge in [-0.15, -0.1) is 6.42 Å². The highest BCUT2D eigenvalue weighted by Gasteiger charge is 2.29. The normalized spacial score (nSPS) is 19.9. The molecule has 0 bridgehead atoms. The predicted octanol–water partition coefficient (Wildman–Crippen LogP) is 2.45. The van der Waals surface area contributed by atoms with E-state index in [1.54, 1.807) is 0 Å². The van der Waals surface area contributed by atoms with Crippen molar-refractivity contribution in [3.05, 3.63) is 0 Å². The van der Waals surface area contributed by atoms with Crippen LogP contribution < -0.4 is 0 Å². The molecule has 0 amide bonds. The van der Waals surface area contributed by atoms with Crippen LogP contribution in [0.3, 0.4) is 0 Å². The third-order valence-corrected chi connectivity index (χ3v) is 4.19. The van der Waals surface area contributed by atoms with Crippen molar-refractivity contribution >= 4 is 0 Å². The third-order valence-electron chi connectivity index (χ3n) is 4.19. The van der Waals surface area contributed by atoms with Crippen molar-refractivity contribution < 1.29 is 0 Å². The summed E-state index contributed by atoms with van der Waals surface area (Å²) in [5, 5.41) is 0. The first-order valence-electron chi connectivity index (χ1n) is 6.80. The highest BCUT2D eigenvalue weighted by molar-refractivity contribution is 5.09. The van der Waals surface area contributed by atoms with Crippen LogP contribution in [0.25, 0.3) is 0 Å². The van der Waals surface area contributed by atoms with Gasteiger partial charge in [-0.1, -0.05) is 5.92 Å².